The van der Waals surface area contributed by atoms with Gasteiger partial charge in [0.25, 0.3) is 0 Å². The minimum absolute atomic E-state index is 0.295. The minimum atomic E-state index is 0.295. The molecule has 2 heteroatoms. The molecular weight excluding hydrogens is 180 g/mol. The highest BCUT2D eigenvalue weighted by Gasteiger charge is 1.96. The van der Waals surface area contributed by atoms with Gasteiger partial charge in [-0.1, -0.05) is 22.9 Å². The van der Waals surface area contributed by atoms with Crippen molar-refractivity contribution in [3.63, 3.8) is 0 Å². The minimum Gasteiger partial charge on any atom is -0.300 e. The molecule has 0 bridgehead atoms. The van der Waals surface area contributed by atoms with Crippen molar-refractivity contribution in [1.29, 1.82) is 0 Å². The third-order valence-corrected chi connectivity index (χ3v) is 1.59. The summed E-state index contributed by atoms with van der Waals surface area (Å²) in [4.78, 5) is 11.0. The molecule has 0 aromatic heterocycles. The van der Waals surface area contributed by atoms with Crippen LogP contribution < -0.4 is 0 Å². The van der Waals surface area contributed by atoms with Crippen LogP contribution in [0.25, 0.3) is 0 Å². The van der Waals surface area contributed by atoms with Crippen LogP contribution in [-0.2, 0) is 4.79 Å². The Kier molecular flexibility index (Phi) is 5.06. The topological polar surface area (TPSA) is 17.1 Å². The van der Waals surface area contributed by atoms with E-state index in [9.17, 15) is 4.79 Å². The molecule has 0 aromatic carbocycles. The summed E-state index contributed by atoms with van der Waals surface area (Å²) in [5.74, 6) is 0.295. The van der Waals surface area contributed by atoms with Crippen LogP contribution in [0.15, 0.2) is 0 Å². The summed E-state index contributed by atoms with van der Waals surface area (Å²) in [7, 11) is 0. The first-order valence-electron chi connectivity index (χ1n) is 3.26. The number of rotatable bonds is 4. The molecule has 54 valence electrons. The first-order valence-corrected chi connectivity index (χ1v) is 4.18. The number of halogens is 1. The van der Waals surface area contributed by atoms with Gasteiger partial charge in [-0.2, -0.15) is 0 Å². The van der Waals surface area contributed by atoms with Gasteiger partial charge in [0.2, 0.25) is 0 Å². The average molecular weight is 193 g/mol. The van der Waals surface area contributed by atoms with Gasteiger partial charge in [-0.05, 0) is 19.8 Å². The van der Waals surface area contributed by atoms with E-state index in [0.29, 0.717) is 10.6 Å². The van der Waals surface area contributed by atoms with Crippen LogP contribution in [0.5, 0.6) is 0 Å². The van der Waals surface area contributed by atoms with Gasteiger partial charge in [-0.25, -0.2) is 0 Å². The summed E-state index contributed by atoms with van der Waals surface area (Å²) in [5, 5.41) is 0. The van der Waals surface area contributed by atoms with Gasteiger partial charge < -0.3 is 4.79 Å². The fourth-order valence-electron chi connectivity index (χ4n) is 0.632. The molecule has 0 N–H and O–H groups in total. The predicted octanol–water partition coefficient (Wildman–Crippen LogP) is 2.53. The first-order chi connectivity index (χ1) is 4.13. The van der Waals surface area contributed by atoms with Gasteiger partial charge in [0.1, 0.15) is 5.78 Å². The zero-order valence-corrected chi connectivity index (χ0v) is 7.57. The lowest BCUT2D eigenvalue weighted by atomic mass is 10.2. The number of hydrogen-bond acceptors (Lipinski definition) is 1. The molecule has 1 nitrogen and oxygen atoms in total. The highest BCUT2D eigenvalue weighted by atomic mass is 79.9. The Morgan fingerprint density at radius 3 is 2.56 bits per heavy atom. The van der Waals surface area contributed by atoms with Gasteiger partial charge in [0, 0.05) is 11.2 Å². The Morgan fingerprint density at radius 1 is 1.67 bits per heavy atom. The van der Waals surface area contributed by atoms with Crippen LogP contribution in [0.2, 0.25) is 0 Å². The summed E-state index contributed by atoms with van der Waals surface area (Å²) < 4.78 is 0. The zero-order valence-electron chi connectivity index (χ0n) is 5.98. The molecule has 0 amide bonds. The van der Waals surface area contributed by atoms with E-state index in [1.54, 1.807) is 6.92 Å². The molecule has 0 rings (SSSR count). The van der Waals surface area contributed by atoms with Crippen molar-refractivity contribution >= 4 is 21.7 Å². The summed E-state index contributed by atoms with van der Waals surface area (Å²) >= 11 is 3.41. The van der Waals surface area contributed by atoms with Gasteiger partial charge in [0.05, 0.1) is 0 Å². The van der Waals surface area contributed by atoms with Crippen LogP contribution in [-0.4, -0.2) is 10.6 Å². The molecular formula is C7H13BrO. The molecule has 9 heavy (non-hydrogen) atoms. The molecule has 0 saturated heterocycles. The Hall–Kier alpha value is 0.150. The number of Topliss-reactive ketones (excluding diaryl/α,β-unsaturated/α-hetero) is 1. The van der Waals surface area contributed by atoms with E-state index < -0.39 is 0 Å². The molecule has 0 saturated carbocycles. The second-order valence-corrected chi connectivity index (χ2v) is 3.94. The SMILES string of the molecule is CC(=O)CCC[C@@H](C)Br. The second kappa shape index (κ2) is 4.98. The maximum absolute atomic E-state index is 10.4. The van der Waals surface area contributed by atoms with Gasteiger partial charge in [-0.3, -0.25) is 0 Å². The second-order valence-electron chi connectivity index (χ2n) is 2.38. The van der Waals surface area contributed by atoms with Crippen molar-refractivity contribution in [3.05, 3.63) is 0 Å². The predicted molar refractivity (Wildman–Crippen MR) is 42.9 cm³/mol. The molecule has 1 atom stereocenters. The lowest BCUT2D eigenvalue weighted by Crippen LogP contribution is -1.94. The fourth-order valence-corrected chi connectivity index (χ4v) is 0.956. The van der Waals surface area contributed by atoms with Crippen LogP contribution in [0.3, 0.4) is 0 Å². The zero-order chi connectivity index (χ0) is 7.28. The van der Waals surface area contributed by atoms with E-state index in [2.05, 4.69) is 22.9 Å². The Labute approximate surface area is 65.0 Å². The number of ketones is 1. The molecule has 0 spiro atoms. The van der Waals surface area contributed by atoms with E-state index in [4.69, 9.17) is 0 Å². The van der Waals surface area contributed by atoms with Crippen molar-refractivity contribution < 1.29 is 4.79 Å². The van der Waals surface area contributed by atoms with Crippen molar-refractivity contribution in [2.24, 2.45) is 0 Å². The van der Waals surface area contributed by atoms with Crippen LogP contribution in [0.4, 0.5) is 0 Å². The summed E-state index contributed by atoms with van der Waals surface area (Å²) in [5.41, 5.74) is 0. The Bertz CT molecular complexity index is 88.9. The first kappa shape index (κ1) is 9.15. The highest BCUT2D eigenvalue weighted by molar-refractivity contribution is 9.09. The summed E-state index contributed by atoms with van der Waals surface area (Å²) in [6.07, 6.45) is 2.84. The Balaban J connectivity index is 3.01. The van der Waals surface area contributed by atoms with Gasteiger partial charge >= 0.3 is 0 Å². The number of carbonyl (C=O) groups excluding carboxylic acids is 1. The van der Waals surface area contributed by atoms with Crippen molar-refractivity contribution in [2.75, 3.05) is 0 Å². The lowest BCUT2D eigenvalue weighted by Gasteiger charge is -1.98. The fraction of sp³-hybridized carbons (Fsp3) is 0.857. The summed E-state index contributed by atoms with van der Waals surface area (Å²) in [6, 6.07) is 0. The van der Waals surface area contributed by atoms with Crippen LogP contribution in [0.1, 0.15) is 33.1 Å². The number of alkyl halides is 1. The normalized spacial score (nSPS) is 13.2. The molecule has 0 fully saturated rings. The van der Waals surface area contributed by atoms with Gasteiger partial charge in [-0.15, -0.1) is 0 Å². The molecule has 0 aliphatic rings. The number of carbonyl (C=O) groups is 1. The third-order valence-electron chi connectivity index (χ3n) is 1.13. The maximum atomic E-state index is 10.4. The van der Waals surface area contributed by atoms with Gasteiger partial charge in [0.15, 0.2) is 0 Å². The molecule has 0 heterocycles. The standard InChI is InChI=1S/C7H13BrO/c1-6(8)4-3-5-7(2)9/h6H,3-5H2,1-2H3/t6-/m1/s1. The number of hydrogen-bond donors (Lipinski definition) is 0. The van der Waals surface area contributed by atoms with E-state index >= 15 is 0 Å². The van der Waals surface area contributed by atoms with Crippen LogP contribution >= 0.6 is 15.9 Å². The van der Waals surface area contributed by atoms with E-state index in [1.165, 1.54) is 0 Å². The largest absolute Gasteiger partial charge is 0.300 e. The van der Waals surface area contributed by atoms with E-state index in [-0.39, 0.29) is 0 Å². The highest BCUT2D eigenvalue weighted by Crippen LogP contribution is 2.07. The lowest BCUT2D eigenvalue weighted by molar-refractivity contribution is -0.117. The molecule has 0 radical (unpaired) electrons. The average Bonchev–Trinajstić information content (AvgIpc) is 1.63. The smallest absolute Gasteiger partial charge is 0.129 e. The molecule has 0 aliphatic carbocycles. The van der Waals surface area contributed by atoms with Crippen molar-refractivity contribution in [3.8, 4) is 0 Å². The molecule has 0 aromatic rings. The van der Waals surface area contributed by atoms with Crippen LogP contribution in [0, 0.1) is 0 Å². The van der Waals surface area contributed by atoms with E-state index in [1.807, 2.05) is 0 Å². The maximum Gasteiger partial charge on any atom is 0.129 e. The van der Waals surface area contributed by atoms with Crippen molar-refractivity contribution in [2.45, 2.75) is 37.9 Å². The summed E-state index contributed by atoms with van der Waals surface area (Å²) in [6.45, 7) is 3.74. The Morgan fingerprint density at radius 2 is 2.22 bits per heavy atom. The monoisotopic (exact) mass is 192 g/mol. The molecule has 0 aliphatic heterocycles. The third kappa shape index (κ3) is 8.15. The quantitative estimate of drug-likeness (QED) is 0.627. The van der Waals surface area contributed by atoms with E-state index in [0.717, 1.165) is 19.3 Å². The van der Waals surface area contributed by atoms with Crippen molar-refractivity contribution in [1.82, 2.24) is 0 Å². The molecule has 0 unspecified atom stereocenters.